The van der Waals surface area contributed by atoms with Crippen molar-refractivity contribution in [1.29, 1.82) is 0 Å². The van der Waals surface area contributed by atoms with Crippen molar-refractivity contribution in [2.45, 2.75) is 101 Å². The van der Waals surface area contributed by atoms with Crippen LogP contribution in [0.15, 0.2) is 66.6 Å². The van der Waals surface area contributed by atoms with Gasteiger partial charge in [-0.3, -0.25) is 4.79 Å². The van der Waals surface area contributed by atoms with Crippen LogP contribution in [-0.4, -0.2) is 24.1 Å². The first-order valence-electron chi connectivity index (χ1n) is 17.6. The van der Waals surface area contributed by atoms with Gasteiger partial charge in [0.05, 0.1) is 5.76 Å². The summed E-state index contributed by atoms with van der Waals surface area (Å²) < 4.78 is 2.67. The molecule has 3 heterocycles. The van der Waals surface area contributed by atoms with E-state index < -0.39 is 8.24 Å². The molecule has 4 aromatic rings. The summed E-state index contributed by atoms with van der Waals surface area (Å²) in [5.41, 5.74) is 10.4. The molecule has 0 fully saturated rings. The van der Waals surface area contributed by atoms with Crippen molar-refractivity contribution in [2.75, 3.05) is 4.57 Å². The number of nitrogens with zero attached hydrogens (tertiary/aromatic N) is 2. The van der Waals surface area contributed by atoms with Gasteiger partial charge in [-0.05, 0) is 90.3 Å². The van der Waals surface area contributed by atoms with Gasteiger partial charge in [-0.2, -0.15) is 0 Å². The molecule has 0 unspecified atom stereocenters. The Morgan fingerprint density at radius 1 is 0.958 bits per heavy atom. The van der Waals surface area contributed by atoms with Crippen molar-refractivity contribution in [3.63, 3.8) is 0 Å². The summed E-state index contributed by atoms with van der Waals surface area (Å²) in [5.74, 6) is 0.547. The standard InChI is InChI=1S/C29H29N2Si.C13H24O2.Ir/c1-18-14-20-8-7-9-24-26(20)23(15-18)27-28-22(12-13-30-27)21-11-10-19(17-29(2,3)4)16-25(21)32(5,6)31(24)28;1-5-10(6-2)12(14)9-13(15)11(7-3)8-4;/h7-14,16H,17H2,1-6H3;9-11,14H,5-8H2,1-4H3;/q-1;;/b;12-9-;. The molecule has 0 bridgehead atoms. The molecule has 2 aliphatic rings. The SMILES string of the molecule is CCC(CC)C(=O)/C=C(\O)C(CC)CC.Cc1[c-]c2c3c(cccc3c1)N1c3c(ccnc3-2)-c2ccc(CC(C)(C)C)cc2[Si]1(C)C.[Ir]. The Hall–Kier alpha value is -3.05. The molecule has 6 heteroatoms. The quantitative estimate of drug-likeness (QED) is 0.0831. The van der Waals surface area contributed by atoms with Gasteiger partial charge in [0.2, 0.25) is 0 Å². The van der Waals surface area contributed by atoms with Gasteiger partial charge in [-0.25, -0.2) is 0 Å². The molecule has 1 aromatic heterocycles. The summed E-state index contributed by atoms with van der Waals surface area (Å²) >= 11 is 0. The number of hydrogen-bond acceptors (Lipinski definition) is 4. The van der Waals surface area contributed by atoms with Crippen LogP contribution >= 0.6 is 0 Å². The van der Waals surface area contributed by atoms with E-state index >= 15 is 0 Å². The number of anilines is 2. The molecule has 1 N–H and O–H groups in total. The Bertz CT molecular complexity index is 1830. The molecule has 257 valence electrons. The summed E-state index contributed by atoms with van der Waals surface area (Å²) in [6.45, 7) is 22.2. The first-order valence-corrected chi connectivity index (χ1v) is 20.5. The third-order valence-electron chi connectivity index (χ3n) is 10.1. The van der Waals surface area contributed by atoms with Crippen LogP contribution in [0.25, 0.3) is 33.2 Å². The Kier molecular flexibility index (Phi) is 11.7. The maximum atomic E-state index is 11.7. The Labute approximate surface area is 303 Å². The molecule has 0 atom stereocenters. The monoisotopic (exact) mass is 838 g/mol. The zero-order valence-corrected chi connectivity index (χ0v) is 33.9. The maximum absolute atomic E-state index is 11.7. The predicted octanol–water partition coefficient (Wildman–Crippen LogP) is 11.0. The van der Waals surface area contributed by atoms with E-state index in [0.717, 1.165) is 48.9 Å². The number of rotatable bonds is 8. The normalized spacial score (nSPS) is 14.2. The van der Waals surface area contributed by atoms with Crippen molar-refractivity contribution in [3.8, 4) is 22.4 Å². The number of carbonyl (C=O) groups is 1. The van der Waals surface area contributed by atoms with Crippen molar-refractivity contribution < 1.29 is 30.0 Å². The molecule has 0 spiro atoms. The minimum Gasteiger partial charge on any atom is -0.512 e. The van der Waals surface area contributed by atoms with Gasteiger partial charge < -0.3 is 14.7 Å². The van der Waals surface area contributed by atoms with Gasteiger partial charge in [0.25, 0.3) is 0 Å². The molecule has 4 nitrogen and oxygen atoms in total. The number of allylic oxidation sites excluding steroid dienone is 2. The van der Waals surface area contributed by atoms with Gasteiger partial charge in [0.15, 0.2) is 14.0 Å². The number of fused-ring (bicyclic) bond motifs is 4. The van der Waals surface area contributed by atoms with Crippen LogP contribution in [0.3, 0.4) is 0 Å². The largest absolute Gasteiger partial charge is 0.512 e. The minimum atomic E-state index is -2.06. The minimum absolute atomic E-state index is 0. The predicted molar refractivity (Wildman–Crippen MR) is 202 cm³/mol. The summed E-state index contributed by atoms with van der Waals surface area (Å²) in [6.07, 6.45) is 7.98. The number of carbonyl (C=O) groups excluding carboxylic acids is 1. The average molecular weight is 838 g/mol. The fourth-order valence-corrected chi connectivity index (χ4v) is 10.8. The van der Waals surface area contributed by atoms with Crippen LogP contribution in [-0.2, 0) is 31.3 Å². The van der Waals surface area contributed by atoms with Crippen LogP contribution < -0.4 is 9.75 Å². The van der Waals surface area contributed by atoms with Gasteiger partial charge in [-0.1, -0.05) is 96.5 Å². The van der Waals surface area contributed by atoms with Crippen LogP contribution in [0.1, 0.15) is 85.3 Å². The van der Waals surface area contributed by atoms with E-state index in [0.29, 0.717) is 0 Å². The second-order valence-corrected chi connectivity index (χ2v) is 19.2. The van der Waals surface area contributed by atoms with E-state index in [4.69, 9.17) is 4.98 Å². The number of aryl methyl sites for hydroxylation is 1. The van der Waals surface area contributed by atoms with Crippen LogP contribution in [0.5, 0.6) is 0 Å². The number of pyridine rings is 1. The van der Waals surface area contributed by atoms with Crippen molar-refractivity contribution >= 4 is 41.4 Å². The van der Waals surface area contributed by atoms with Gasteiger partial charge in [0.1, 0.15) is 0 Å². The third-order valence-corrected chi connectivity index (χ3v) is 13.4. The van der Waals surface area contributed by atoms with Crippen LogP contribution in [0, 0.1) is 30.2 Å². The Morgan fingerprint density at radius 3 is 2.25 bits per heavy atom. The molecule has 0 saturated heterocycles. The summed E-state index contributed by atoms with van der Waals surface area (Å²) in [6, 6.07) is 22.1. The molecule has 1 radical (unpaired) electrons. The molecule has 0 aliphatic carbocycles. The van der Waals surface area contributed by atoms with E-state index in [1.807, 2.05) is 33.9 Å². The number of benzene rings is 3. The molecule has 3 aromatic carbocycles. The van der Waals surface area contributed by atoms with E-state index in [1.165, 1.54) is 50.1 Å². The fourth-order valence-electron chi connectivity index (χ4n) is 7.58. The first-order chi connectivity index (χ1) is 22.2. The van der Waals surface area contributed by atoms with Gasteiger partial charge in [0, 0.05) is 55.6 Å². The average Bonchev–Trinajstić information content (AvgIpc) is 3.01. The molecule has 6 rings (SSSR count). The fraction of sp³-hybridized carbons (Fsp3) is 0.429. The third kappa shape index (κ3) is 7.13. The Morgan fingerprint density at radius 2 is 1.62 bits per heavy atom. The molecule has 48 heavy (non-hydrogen) atoms. The number of aliphatic hydroxyl groups is 1. The number of ketones is 1. The van der Waals surface area contributed by atoms with Crippen LogP contribution in [0.4, 0.5) is 11.4 Å². The van der Waals surface area contributed by atoms with E-state index in [2.05, 4.69) is 100.0 Å². The second kappa shape index (κ2) is 14.8. The molecule has 0 amide bonds. The smallest absolute Gasteiger partial charge is 0.186 e. The number of hydrogen-bond donors (Lipinski definition) is 1. The Balaban J connectivity index is 0.000000279. The van der Waals surface area contributed by atoms with Crippen LogP contribution in [0.2, 0.25) is 13.1 Å². The van der Waals surface area contributed by atoms with Gasteiger partial charge >= 0.3 is 0 Å². The zero-order chi connectivity index (χ0) is 34.3. The summed E-state index contributed by atoms with van der Waals surface area (Å²) in [4.78, 5) is 16.6. The van der Waals surface area contributed by atoms with Crippen molar-refractivity contribution in [1.82, 2.24) is 4.98 Å². The van der Waals surface area contributed by atoms with Gasteiger partial charge in [-0.15, -0.1) is 23.3 Å². The molecule has 2 aliphatic heterocycles. The van der Waals surface area contributed by atoms with E-state index in [1.54, 1.807) is 0 Å². The second-order valence-electron chi connectivity index (χ2n) is 15.1. The molecular weight excluding hydrogens is 785 g/mol. The number of aromatic nitrogens is 1. The van der Waals surface area contributed by atoms with E-state index in [9.17, 15) is 9.90 Å². The number of aliphatic hydroxyl groups excluding tert-OH is 1. The molecular formula is C42H53IrN2O2Si-. The van der Waals surface area contributed by atoms with Crippen molar-refractivity contribution in [3.05, 3.63) is 83.8 Å². The first kappa shape index (κ1) is 37.8. The maximum Gasteiger partial charge on any atom is 0.186 e. The summed E-state index contributed by atoms with van der Waals surface area (Å²) in [5, 5.41) is 13.9. The molecule has 0 saturated carbocycles. The zero-order valence-electron chi connectivity index (χ0n) is 30.5. The summed E-state index contributed by atoms with van der Waals surface area (Å²) in [7, 11) is -2.06. The van der Waals surface area contributed by atoms with E-state index in [-0.39, 0.29) is 48.9 Å². The topological polar surface area (TPSA) is 53.4 Å². The van der Waals surface area contributed by atoms with Crippen molar-refractivity contribution in [2.24, 2.45) is 17.3 Å².